The van der Waals surface area contributed by atoms with Crippen molar-refractivity contribution >= 4 is 40.1 Å². The second kappa shape index (κ2) is 10.2. The number of guanidine groups is 1. The zero-order valence-corrected chi connectivity index (χ0v) is 18.3. The van der Waals surface area contributed by atoms with Gasteiger partial charge in [0.1, 0.15) is 0 Å². The minimum atomic E-state index is -0.378. The van der Waals surface area contributed by atoms with Gasteiger partial charge in [-0.3, -0.25) is 9.69 Å². The molecule has 2 aromatic rings. The number of carbonyl (C=O) groups excluding carboxylic acids is 2. The molecule has 31 heavy (non-hydrogen) atoms. The van der Waals surface area contributed by atoms with Gasteiger partial charge in [0, 0.05) is 44.5 Å². The van der Waals surface area contributed by atoms with Crippen LogP contribution in [-0.2, 0) is 24.2 Å². The molecule has 3 rings (SSSR count). The quantitative estimate of drug-likeness (QED) is 0.368. The highest BCUT2D eigenvalue weighted by Gasteiger charge is 2.21. The van der Waals surface area contributed by atoms with Gasteiger partial charge in [-0.05, 0) is 30.5 Å². The van der Waals surface area contributed by atoms with E-state index in [0.717, 1.165) is 48.6 Å². The van der Waals surface area contributed by atoms with E-state index in [-0.39, 0.29) is 17.9 Å². The van der Waals surface area contributed by atoms with Gasteiger partial charge in [-0.2, -0.15) is 0 Å². The average molecular weight is 445 g/mol. The number of amides is 3. The lowest BCUT2D eigenvalue weighted by molar-refractivity contribution is -0.114. The van der Waals surface area contributed by atoms with Crippen molar-refractivity contribution < 1.29 is 9.59 Å². The lowest BCUT2D eigenvalue weighted by atomic mass is 10.1. The van der Waals surface area contributed by atoms with Crippen molar-refractivity contribution in [3.8, 4) is 0 Å². The number of carbonyl (C=O) groups is 2. The van der Waals surface area contributed by atoms with Crippen molar-refractivity contribution in [2.45, 2.75) is 26.3 Å². The number of hydrogen-bond acceptors (Lipinski definition) is 6. The minimum Gasteiger partial charge on any atom is -0.370 e. The summed E-state index contributed by atoms with van der Waals surface area (Å²) in [5.74, 6) is -0.112. The Hall–Kier alpha value is -3.18. The molecule has 0 aliphatic carbocycles. The first-order chi connectivity index (χ1) is 14.8. The summed E-state index contributed by atoms with van der Waals surface area (Å²) in [6, 6.07) is 7.35. The van der Waals surface area contributed by atoms with Crippen molar-refractivity contribution in [3.63, 3.8) is 0 Å². The topological polar surface area (TPSA) is 156 Å². The molecule has 0 bridgehead atoms. The predicted octanol–water partition coefficient (Wildman–Crippen LogP) is 0.988. The number of primary amides is 1. The van der Waals surface area contributed by atoms with Crippen LogP contribution in [0.4, 0.5) is 15.6 Å². The molecular formula is C20H28N8O2S. The third kappa shape index (κ3) is 6.66. The van der Waals surface area contributed by atoms with Crippen LogP contribution in [0, 0.1) is 0 Å². The molecular weight excluding hydrogens is 416 g/mol. The van der Waals surface area contributed by atoms with Gasteiger partial charge in [0.2, 0.25) is 5.91 Å². The van der Waals surface area contributed by atoms with Crippen LogP contribution in [0.25, 0.3) is 0 Å². The fourth-order valence-electron chi connectivity index (χ4n) is 3.38. The maximum Gasteiger partial charge on any atom is 0.314 e. The molecule has 0 spiro atoms. The highest BCUT2D eigenvalue weighted by molar-refractivity contribution is 7.15. The third-order valence-corrected chi connectivity index (χ3v) is 5.96. The molecule has 1 fully saturated rings. The number of thiazole rings is 1. The fourth-order valence-corrected chi connectivity index (χ4v) is 4.48. The summed E-state index contributed by atoms with van der Waals surface area (Å²) in [4.78, 5) is 36.5. The largest absolute Gasteiger partial charge is 0.370 e. The molecule has 0 unspecified atom stereocenters. The van der Waals surface area contributed by atoms with Gasteiger partial charge in [0.05, 0.1) is 11.4 Å². The van der Waals surface area contributed by atoms with E-state index in [4.69, 9.17) is 17.2 Å². The SMILES string of the molecule is CC(=O)Nc1nc(CCc2ccc(N=C(N)N)cc2)c(CN2CCN(C(N)=O)CC2)s1. The van der Waals surface area contributed by atoms with Crippen molar-refractivity contribution in [2.24, 2.45) is 22.2 Å². The van der Waals surface area contributed by atoms with E-state index < -0.39 is 0 Å². The molecule has 1 aliphatic heterocycles. The Balaban J connectivity index is 1.67. The van der Waals surface area contributed by atoms with Gasteiger partial charge < -0.3 is 27.4 Å². The molecule has 3 amide bonds. The maximum atomic E-state index is 11.5. The number of nitrogens with zero attached hydrogens (tertiary/aromatic N) is 4. The number of benzene rings is 1. The first kappa shape index (κ1) is 22.5. The highest BCUT2D eigenvalue weighted by Crippen LogP contribution is 2.26. The number of piperazine rings is 1. The van der Waals surface area contributed by atoms with Gasteiger partial charge >= 0.3 is 6.03 Å². The van der Waals surface area contributed by atoms with Gasteiger partial charge in [-0.1, -0.05) is 12.1 Å². The molecule has 7 N–H and O–H groups in total. The first-order valence-electron chi connectivity index (χ1n) is 10.0. The van der Waals surface area contributed by atoms with Gasteiger partial charge in [-0.25, -0.2) is 14.8 Å². The fraction of sp³-hybridized carbons (Fsp3) is 0.400. The Labute approximate surface area is 185 Å². The van der Waals surface area contributed by atoms with Gasteiger partial charge in [0.25, 0.3) is 0 Å². The number of nitrogens with two attached hydrogens (primary N) is 3. The van der Waals surface area contributed by atoms with Crippen LogP contribution in [0.3, 0.4) is 0 Å². The van der Waals surface area contributed by atoms with Crippen molar-refractivity contribution in [1.82, 2.24) is 14.8 Å². The summed E-state index contributed by atoms with van der Waals surface area (Å²) in [5.41, 5.74) is 19.0. The number of anilines is 1. The second-order valence-corrected chi connectivity index (χ2v) is 8.46. The molecule has 2 heterocycles. The lowest BCUT2D eigenvalue weighted by Crippen LogP contribution is -2.50. The summed E-state index contributed by atoms with van der Waals surface area (Å²) in [5, 5.41) is 3.40. The monoisotopic (exact) mass is 444 g/mol. The smallest absolute Gasteiger partial charge is 0.314 e. The molecule has 0 radical (unpaired) electrons. The Morgan fingerprint density at radius 2 is 1.77 bits per heavy atom. The Morgan fingerprint density at radius 1 is 1.10 bits per heavy atom. The van der Waals surface area contributed by atoms with Crippen molar-refractivity contribution in [1.29, 1.82) is 0 Å². The van der Waals surface area contributed by atoms with E-state index in [0.29, 0.717) is 23.9 Å². The van der Waals surface area contributed by atoms with E-state index in [1.807, 2.05) is 24.3 Å². The van der Waals surface area contributed by atoms with Gasteiger partial charge in [0.15, 0.2) is 11.1 Å². The Morgan fingerprint density at radius 3 is 2.35 bits per heavy atom. The zero-order valence-electron chi connectivity index (χ0n) is 17.5. The number of urea groups is 1. The number of nitrogens with one attached hydrogen (secondary N) is 1. The van der Waals surface area contributed by atoms with Crippen LogP contribution in [-0.4, -0.2) is 58.9 Å². The molecule has 1 aromatic carbocycles. The minimum absolute atomic E-state index is 0.0297. The number of rotatable bonds is 7. The summed E-state index contributed by atoms with van der Waals surface area (Å²) in [6.45, 7) is 4.93. The highest BCUT2D eigenvalue weighted by atomic mass is 32.1. The summed E-state index contributed by atoms with van der Waals surface area (Å²) >= 11 is 1.50. The Bertz CT molecular complexity index is 945. The molecule has 1 aliphatic rings. The van der Waals surface area contributed by atoms with Crippen LogP contribution in [0.1, 0.15) is 23.1 Å². The number of hydrogen-bond donors (Lipinski definition) is 4. The molecule has 1 aromatic heterocycles. The summed E-state index contributed by atoms with van der Waals surface area (Å²) in [7, 11) is 0. The first-order valence-corrected chi connectivity index (χ1v) is 10.8. The molecule has 0 saturated carbocycles. The zero-order chi connectivity index (χ0) is 22.4. The normalized spacial score (nSPS) is 14.3. The van der Waals surface area contributed by atoms with Crippen LogP contribution >= 0.6 is 11.3 Å². The lowest BCUT2D eigenvalue weighted by Gasteiger charge is -2.33. The van der Waals surface area contributed by atoms with Crippen LogP contribution in [0.15, 0.2) is 29.3 Å². The van der Waals surface area contributed by atoms with E-state index in [1.54, 1.807) is 4.90 Å². The standard InChI is InChI=1S/C20H28N8O2S/c1-13(29)24-20-26-16(7-4-14-2-5-15(6-3-14)25-18(21)22)17(31-20)12-27-8-10-28(11-9-27)19(23)30/h2-3,5-6H,4,7-12H2,1H3,(H2,23,30)(H4,21,22,25)(H,24,26,29). The van der Waals surface area contributed by atoms with E-state index in [9.17, 15) is 9.59 Å². The van der Waals surface area contributed by atoms with Crippen LogP contribution < -0.4 is 22.5 Å². The number of aliphatic imine (C=N–C) groups is 1. The summed E-state index contributed by atoms with van der Waals surface area (Å²) in [6.07, 6.45) is 1.54. The number of aromatic nitrogens is 1. The third-order valence-electron chi connectivity index (χ3n) is 4.96. The van der Waals surface area contributed by atoms with Crippen LogP contribution in [0.5, 0.6) is 0 Å². The Kier molecular flexibility index (Phi) is 7.42. The van der Waals surface area contributed by atoms with Crippen molar-refractivity contribution in [3.05, 3.63) is 40.4 Å². The predicted molar refractivity (Wildman–Crippen MR) is 122 cm³/mol. The number of aryl methyl sites for hydroxylation is 2. The summed E-state index contributed by atoms with van der Waals surface area (Å²) < 4.78 is 0. The molecule has 11 heteroatoms. The van der Waals surface area contributed by atoms with E-state index >= 15 is 0 Å². The van der Waals surface area contributed by atoms with Crippen molar-refractivity contribution in [2.75, 3.05) is 31.5 Å². The molecule has 1 saturated heterocycles. The maximum absolute atomic E-state index is 11.5. The second-order valence-electron chi connectivity index (χ2n) is 7.37. The average Bonchev–Trinajstić information content (AvgIpc) is 3.07. The van der Waals surface area contributed by atoms with Crippen LogP contribution in [0.2, 0.25) is 0 Å². The van der Waals surface area contributed by atoms with E-state index in [2.05, 4.69) is 20.2 Å². The molecule has 0 atom stereocenters. The molecule has 10 nitrogen and oxygen atoms in total. The van der Waals surface area contributed by atoms with Gasteiger partial charge in [-0.15, -0.1) is 11.3 Å². The van der Waals surface area contributed by atoms with E-state index in [1.165, 1.54) is 18.3 Å². The molecule has 166 valence electrons.